The van der Waals surface area contributed by atoms with Crippen LogP contribution in [0.15, 0.2) is 42.5 Å². The third kappa shape index (κ3) is 4.22. The Kier molecular flexibility index (Phi) is 5.48. The Morgan fingerprint density at radius 1 is 1.04 bits per heavy atom. The average Bonchev–Trinajstić information content (AvgIpc) is 2.82. The van der Waals surface area contributed by atoms with Gasteiger partial charge in [-0.25, -0.2) is 9.18 Å². The molecule has 2 amide bonds. The first-order valence-electron chi connectivity index (χ1n) is 7.32. The zero-order valence-corrected chi connectivity index (χ0v) is 13.5. The van der Waals surface area contributed by atoms with Gasteiger partial charge >= 0.3 is 12.1 Å². The number of carbonyl (C=O) groups is 3. The summed E-state index contributed by atoms with van der Waals surface area (Å²) in [4.78, 5) is 34.2. The maximum absolute atomic E-state index is 13.7. The lowest BCUT2D eigenvalue weighted by Crippen LogP contribution is -2.29. The van der Waals surface area contributed by atoms with Crippen LogP contribution >= 0.6 is 0 Å². The summed E-state index contributed by atoms with van der Waals surface area (Å²) in [5.41, 5.74) is 6.89. The van der Waals surface area contributed by atoms with Gasteiger partial charge in [-0.1, -0.05) is 24.3 Å². The first-order valence-corrected chi connectivity index (χ1v) is 7.32. The molecule has 0 aliphatic carbocycles. The number of hydrogen-bond donors (Lipinski definition) is 2. The molecule has 1 heterocycles. The molecule has 0 atom stereocenters. The molecule has 10 heteroatoms. The smallest absolute Gasteiger partial charge is 0.475 e. The monoisotopic (exact) mass is 384 g/mol. The molecule has 2 aromatic carbocycles. The molecule has 0 unspecified atom stereocenters. The van der Waals surface area contributed by atoms with Gasteiger partial charge in [0.25, 0.3) is 11.8 Å². The zero-order valence-electron chi connectivity index (χ0n) is 13.5. The summed E-state index contributed by atoms with van der Waals surface area (Å²) in [6.45, 7) is 0.0401. The minimum atomic E-state index is -5.08. The Bertz CT molecular complexity index is 912. The number of nitrogens with two attached hydrogens (primary N) is 1. The standard InChI is InChI=1S/C15H11FN2O2.C2HF3O2/c16-11-6-3-5-10-13(11)15(20)18(14(10)19)8-9-4-1-2-7-12(9)17;3-2(4,5)1(6)7/h1-7H,8,17H2;(H,6,7). The van der Waals surface area contributed by atoms with E-state index in [1.807, 2.05) is 0 Å². The Morgan fingerprint density at radius 2 is 1.63 bits per heavy atom. The van der Waals surface area contributed by atoms with Crippen LogP contribution in [0.25, 0.3) is 0 Å². The molecule has 3 N–H and O–H groups in total. The van der Waals surface area contributed by atoms with Crippen LogP contribution in [0.5, 0.6) is 0 Å². The molecule has 2 aromatic rings. The number of benzene rings is 2. The predicted molar refractivity (Wildman–Crippen MR) is 85.1 cm³/mol. The minimum absolute atomic E-state index is 0.0401. The van der Waals surface area contributed by atoms with Crippen LogP contribution in [0.3, 0.4) is 0 Å². The van der Waals surface area contributed by atoms with Gasteiger partial charge in [0.05, 0.1) is 17.7 Å². The second kappa shape index (κ2) is 7.44. The fourth-order valence-electron chi connectivity index (χ4n) is 2.28. The Labute approximate surface area is 149 Å². The number of aliphatic carboxylic acids is 1. The molecule has 3 rings (SSSR count). The molecular weight excluding hydrogens is 372 g/mol. The quantitative estimate of drug-likeness (QED) is 0.471. The number of imide groups is 1. The maximum Gasteiger partial charge on any atom is 0.490 e. The fourth-order valence-corrected chi connectivity index (χ4v) is 2.28. The van der Waals surface area contributed by atoms with Crippen molar-refractivity contribution in [3.05, 3.63) is 65.0 Å². The van der Waals surface area contributed by atoms with Crippen LogP contribution < -0.4 is 5.73 Å². The van der Waals surface area contributed by atoms with E-state index in [1.54, 1.807) is 24.3 Å². The minimum Gasteiger partial charge on any atom is -0.475 e. The summed E-state index contributed by atoms with van der Waals surface area (Å²) in [7, 11) is 0. The molecule has 0 radical (unpaired) electrons. The van der Waals surface area contributed by atoms with E-state index in [2.05, 4.69) is 0 Å². The van der Waals surface area contributed by atoms with Crippen LogP contribution in [-0.2, 0) is 11.3 Å². The molecule has 142 valence electrons. The van der Waals surface area contributed by atoms with Crippen molar-refractivity contribution < 1.29 is 37.1 Å². The highest BCUT2D eigenvalue weighted by Crippen LogP contribution is 2.27. The normalized spacial score (nSPS) is 13.1. The zero-order chi connectivity index (χ0) is 20.4. The summed E-state index contributed by atoms with van der Waals surface area (Å²) in [6, 6.07) is 11.0. The van der Waals surface area contributed by atoms with Crippen molar-refractivity contribution in [1.29, 1.82) is 0 Å². The van der Waals surface area contributed by atoms with Crippen LogP contribution in [0.2, 0.25) is 0 Å². The summed E-state index contributed by atoms with van der Waals surface area (Å²) >= 11 is 0. The van der Waals surface area contributed by atoms with E-state index in [4.69, 9.17) is 15.6 Å². The summed E-state index contributed by atoms with van der Waals surface area (Å²) in [6.07, 6.45) is -5.08. The van der Waals surface area contributed by atoms with Gasteiger partial charge in [0.2, 0.25) is 0 Å². The second-order valence-electron chi connectivity index (χ2n) is 5.36. The highest BCUT2D eigenvalue weighted by atomic mass is 19.4. The largest absolute Gasteiger partial charge is 0.490 e. The molecule has 0 saturated heterocycles. The number of alkyl halides is 3. The lowest BCUT2D eigenvalue weighted by Gasteiger charge is -2.15. The van der Waals surface area contributed by atoms with Crippen molar-refractivity contribution >= 4 is 23.5 Å². The van der Waals surface area contributed by atoms with Gasteiger partial charge in [0.1, 0.15) is 5.82 Å². The molecular formula is C17H12F4N2O4. The van der Waals surface area contributed by atoms with Gasteiger partial charge in [-0.05, 0) is 23.8 Å². The number of halogens is 4. The molecule has 1 aliphatic rings. The van der Waals surface area contributed by atoms with Crippen molar-refractivity contribution in [2.75, 3.05) is 5.73 Å². The highest BCUT2D eigenvalue weighted by Gasteiger charge is 2.38. The van der Waals surface area contributed by atoms with E-state index < -0.39 is 29.8 Å². The summed E-state index contributed by atoms with van der Waals surface area (Å²) < 4.78 is 45.4. The van der Waals surface area contributed by atoms with Crippen molar-refractivity contribution in [3.63, 3.8) is 0 Å². The number of carboxylic acids is 1. The van der Waals surface area contributed by atoms with E-state index in [9.17, 15) is 27.2 Å². The van der Waals surface area contributed by atoms with Crippen LogP contribution in [0.1, 0.15) is 26.3 Å². The Morgan fingerprint density at radius 3 is 2.15 bits per heavy atom. The second-order valence-corrected chi connectivity index (χ2v) is 5.36. The number of carbonyl (C=O) groups excluding carboxylic acids is 2. The van der Waals surface area contributed by atoms with Crippen molar-refractivity contribution in [3.8, 4) is 0 Å². The number of para-hydroxylation sites is 1. The molecule has 0 spiro atoms. The van der Waals surface area contributed by atoms with Crippen LogP contribution in [-0.4, -0.2) is 34.0 Å². The summed E-state index contributed by atoms with van der Waals surface area (Å²) in [5.74, 6) is -4.55. The van der Waals surface area contributed by atoms with Gasteiger partial charge in [0.15, 0.2) is 0 Å². The number of rotatable bonds is 2. The summed E-state index contributed by atoms with van der Waals surface area (Å²) in [5, 5.41) is 7.12. The molecule has 0 bridgehead atoms. The van der Waals surface area contributed by atoms with Crippen LogP contribution in [0.4, 0.5) is 23.2 Å². The first-order chi connectivity index (χ1) is 12.5. The first kappa shape index (κ1) is 19.9. The third-order valence-electron chi connectivity index (χ3n) is 3.57. The Balaban J connectivity index is 0.000000321. The van der Waals surface area contributed by atoms with Crippen molar-refractivity contribution in [2.45, 2.75) is 12.7 Å². The Hall–Kier alpha value is -3.43. The molecule has 1 aliphatic heterocycles. The SMILES string of the molecule is Nc1ccccc1CN1C(=O)c2cccc(F)c2C1=O.O=C(O)C(F)(F)F. The average molecular weight is 384 g/mol. The topological polar surface area (TPSA) is 101 Å². The number of nitrogen functional groups attached to an aromatic ring is 1. The van der Waals surface area contributed by atoms with Gasteiger partial charge in [-0.3, -0.25) is 14.5 Å². The molecule has 0 aromatic heterocycles. The number of fused-ring (bicyclic) bond motifs is 1. The number of carboxylic acid groups (broad SMARTS) is 1. The predicted octanol–water partition coefficient (Wildman–Crippen LogP) is 2.84. The van der Waals surface area contributed by atoms with Crippen molar-refractivity contribution in [1.82, 2.24) is 4.90 Å². The van der Waals surface area contributed by atoms with Gasteiger partial charge in [0, 0.05) is 5.69 Å². The van der Waals surface area contributed by atoms with E-state index in [0.717, 1.165) is 4.90 Å². The molecule has 6 nitrogen and oxygen atoms in total. The van der Waals surface area contributed by atoms with Crippen molar-refractivity contribution in [2.24, 2.45) is 0 Å². The lowest BCUT2D eigenvalue weighted by molar-refractivity contribution is -0.192. The molecule has 27 heavy (non-hydrogen) atoms. The highest BCUT2D eigenvalue weighted by molar-refractivity contribution is 6.21. The van der Waals surface area contributed by atoms with Gasteiger partial charge in [-0.2, -0.15) is 13.2 Å². The number of amides is 2. The van der Waals surface area contributed by atoms with Gasteiger partial charge in [-0.15, -0.1) is 0 Å². The number of nitrogens with zero attached hydrogens (tertiary/aromatic N) is 1. The number of hydrogen-bond acceptors (Lipinski definition) is 4. The van der Waals surface area contributed by atoms with E-state index in [1.165, 1.54) is 18.2 Å². The number of anilines is 1. The van der Waals surface area contributed by atoms with E-state index in [0.29, 0.717) is 11.3 Å². The van der Waals surface area contributed by atoms with Gasteiger partial charge < -0.3 is 10.8 Å². The third-order valence-corrected chi connectivity index (χ3v) is 3.57. The molecule has 0 fully saturated rings. The van der Waals surface area contributed by atoms with E-state index >= 15 is 0 Å². The van der Waals surface area contributed by atoms with Crippen LogP contribution in [0, 0.1) is 5.82 Å². The molecule has 0 saturated carbocycles. The van der Waals surface area contributed by atoms with E-state index in [-0.39, 0.29) is 17.7 Å². The fraction of sp³-hybridized carbons (Fsp3) is 0.118. The maximum atomic E-state index is 13.7. The lowest BCUT2D eigenvalue weighted by atomic mass is 10.1.